The van der Waals surface area contributed by atoms with E-state index in [1.807, 2.05) is 6.07 Å². The third-order valence-electron chi connectivity index (χ3n) is 15.2. The van der Waals surface area contributed by atoms with Gasteiger partial charge in [0.2, 0.25) is 0 Å². The first-order valence-corrected chi connectivity index (χ1v) is 27.9. The Labute approximate surface area is 420 Å². The predicted octanol–water partition coefficient (Wildman–Crippen LogP) is 18.1. The van der Waals surface area contributed by atoms with E-state index in [0.717, 1.165) is 61.6 Å². The van der Waals surface area contributed by atoms with Gasteiger partial charge in [-0.1, -0.05) is 195 Å². The minimum Gasteiger partial charge on any atom is -0.456 e. The number of hydrogen-bond donors (Lipinski definition) is 0. The summed E-state index contributed by atoms with van der Waals surface area (Å²) in [5.74, 6) is 0. The van der Waals surface area contributed by atoms with E-state index in [-0.39, 0.29) is 0 Å². The normalized spacial score (nSPS) is 12.7. The zero-order valence-electron chi connectivity index (χ0n) is 40.1. The fraction of sp³-hybridized carbons (Fsp3) is 0.0294. The van der Waals surface area contributed by atoms with E-state index in [1.165, 1.54) is 70.5 Å². The lowest BCUT2D eigenvalue weighted by Crippen LogP contribution is -2.56. The van der Waals surface area contributed by atoms with Crippen molar-refractivity contribution in [2.24, 2.45) is 0 Å². The number of furan rings is 1. The van der Waals surface area contributed by atoms with Crippen LogP contribution in [0.3, 0.4) is 0 Å². The van der Waals surface area contributed by atoms with Gasteiger partial charge in [0.05, 0.1) is 17.1 Å². The van der Waals surface area contributed by atoms with Crippen molar-refractivity contribution in [3.8, 4) is 33.4 Å². The van der Waals surface area contributed by atoms with Crippen molar-refractivity contribution in [2.45, 2.75) is 13.1 Å². The third kappa shape index (κ3) is 6.57. The van der Waals surface area contributed by atoms with Gasteiger partial charge in [-0.3, -0.25) is 0 Å². The smallest absolute Gasteiger partial charge is 0.135 e. The van der Waals surface area contributed by atoms with Crippen molar-refractivity contribution >= 4 is 107 Å². The number of para-hydroxylation sites is 4. The molecular formula is C68H48N2OSi. The summed E-state index contributed by atoms with van der Waals surface area (Å²) in [7, 11) is -2.33. The second kappa shape index (κ2) is 16.6. The van der Waals surface area contributed by atoms with Gasteiger partial charge in [0, 0.05) is 44.3 Å². The Morgan fingerprint density at radius 3 is 1.56 bits per heavy atom. The molecule has 12 aromatic carbocycles. The molecule has 4 heteroatoms. The molecule has 0 unspecified atom stereocenters. The molecule has 13 aromatic rings. The molecule has 0 fully saturated rings. The first-order chi connectivity index (χ1) is 35.5. The molecule has 1 aliphatic heterocycles. The van der Waals surface area contributed by atoms with Gasteiger partial charge in [-0.05, 0) is 132 Å². The highest BCUT2D eigenvalue weighted by Crippen LogP contribution is 2.50. The van der Waals surface area contributed by atoms with Crippen LogP contribution in [0.25, 0.3) is 87.6 Å². The molecule has 340 valence electrons. The lowest BCUT2D eigenvalue weighted by molar-refractivity contribution is 0.669. The molecular weight excluding hydrogens is 889 g/mol. The summed E-state index contributed by atoms with van der Waals surface area (Å²) in [5.41, 5.74) is 15.9. The highest BCUT2D eigenvalue weighted by atomic mass is 28.3. The molecule has 14 rings (SSSR count). The molecule has 0 bridgehead atoms. The zero-order valence-corrected chi connectivity index (χ0v) is 41.1. The van der Waals surface area contributed by atoms with Gasteiger partial charge in [-0.15, -0.1) is 0 Å². The van der Waals surface area contributed by atoms with Gasteiger partial charge >= 0.3 is 0 Å². The minimum absolute atomic E-state index is 0.879. The van der Waals surface area contributed by atoms with Crippen molar-refractivity contribution in [3.63, 3.8) is 0 Å². The number of benzene rings is 12. The molecule has 0 aliphatic carbocycles. The molecule has 0 saturated heterocycles. The number of anilines is 6. The van der Waals surface area contributed by atoms with Gasteiger partial charge in [0.25, 0.3) is 0 Å². The second-order valence-corrected chi connectivity index (χ2v) is 23.9. The maximum Gasteiger partial charge on any atom is 0.135 e. The number of hydrogen-bond acceptors (Lipinski definition) is 3. The van der Waals surface area contributed by atoms with Crippen molar-refractivity contribution in [2.75, 3.05) is 9.80 Å². The summed E-state index contributed by atoms with van der Waals surface area (Å²) >= 11 is 0. The van der Waals surface area contributed by atoms with Crippen LogP contribution < -0.4 is 20.2 Å². The van der Waals surface area contributed by atoms with E-state index in [0.29, 0.717) is 0 Å². The number of rotatable bonds is 8. The van der Waals surface area contributed by atoms with Crippen LogP contribution in [0.4, 0.5) is 34.1 Å². The lowest BCUT2D eigenvalue weighted by atomic mass is 9.89. The SMILES string of the molecule is C[Si]1(C)c2cc(N(c3ccccc3)c3ccccc3-c3ccccc3)ccc2-c2cc3c4ccccc4c(N(c4ccc5oc6ccccc6c5c4)c4ccccc4-c4ccccc4)cc3c3cccc1c23. The minimum atomic E-state index is -2.33. The maximum absolute atomic E-state index is 6.41. The largest absolute Gasteiger partial charge is 0.456 e. The van der Waals surface area contributed by atoms with E-state index >= 15 is 0 Å². The molecule has 2 heterocycles. The first kappa shape index (κ1) is 42.0. The van der Waals surface area contributed by atoms with Crippen LogP contribution in [0.1, 0.15) is 0 Å². The standard InChI is InChI=1S/C68H48N2OSi/c1-72(2)66-36-20-32-56-58-44-63(70(62-34-18-15-28-51(62)46-23-8-4-9-24-46)48-38-40-65-59(41-48)54-31-16-19-35-64(54)71-65)53-30-13-12-29-52(53)57(58)43-60(68(56)66)55-39-37-49(42-67(55)72)69(47-25-10-5-11-26-47)61-33-17-14-27-50(61)45-21-6-3-7-22-45/h3-44H,1-2H3. The van der Waals surface area contributed by atoms with E-state index in [4.69, 9.17) is 4.42 Å². The molecule has 72 heavy (non-hydrogen) atoms. The zero-order chi connectivity index (χ0) is 47.9. The molecule has 0 N–H and O–H groups in total. The Morgan fingerprint density at radius 1 is 0.292 bits per heavy atom. The molecule has 0 radical (unpaired) electrons. The average Bonchev–Trinajstić information content (AvgIpc) is 3.82. The highest BCUT2D eigenvalue weighted by molar-refractivity contribution is 7.03. The fourth-order valence-electron chi connectivity index (χ4n) is 11.9. The fourth-order valence-corrected chi connectivity index (χ4v) is 15.0. The van der Waals surface area contributed by atoms with Crippen LogP contribution in [-0.2, 0) is 0 Å². The van der Waals surface area contributed by atoms with Gasteiger partial charge < -0.3 is 14.2 Å². The monoisotopic (exact) mass is 936 g/mol. The molecule has 0 spiro atoms. The first-order valence-electron chi connectivity index (χ1n) is 24.9. The quantitative estimate of drug-likeness (QED) is 0.112. The molecule has 1 aliphatic rings. The Hall–Kier alpha value is -8.96. The molecule has 3 nitrogen and oxygen atoms in total. The Morgan fingerprint density at radius 2 is 0.833 bits per heavy atom. The van der Waals surface area contributed by atoms with E-state index < -0.39 is 8.07 Å². The van der Waals surface area contributed by atoms with Crippen LogP contribution in [0, 0.1) is 0 Å². The summed E-state index contributed by atoms with van der Waals surface area (Å²) in [5, 5.41) is 12.7. The van der Waals surface area contributed by atoms with E-state index in [1.54, 1.807) is 0 Å². The predicted molar refractivity (Wildman–Crippen MR) is 309 cm³/mol. The van der Waals surface area contributed by atoms with E-state index in [2.05, 4.69) is 272 Å². The molecule has 0 saturated carbocycles. The molecule has 0 amide bonds. The van der Waals surface area contributed by atoms with Crippen molar-refractivity contribution in [3.05, 3.63) is 255 Å². The Bertz CT molecular complexity index is 4260. The average molecular weight is 937 g/mol. The van der Waals surface area contributed by atoms with E-state index in [9.17, 15) is 0 Å². The van der Waals surface area contributed by atoms with Crippen LogP contribution >= 0.6 is 0 Å². The van der Waals surface area contributed by atoms with Crippen LogP contribution in [-0.4, -0.2) is 8.07 Å². The highest BCUT2D eigenvalue weighted by Gasteiger charge is 2.37. The van der Waals surface area contributed by atoms with Crippen LogP contribution in [0.5, 0.6) is 0 Å². The summed E-state index contributed by atoms with van der Waals surface area (Å²) in [6, 6.07) is 93.5. The van der Waals surface area contributed by atoms with Gasteiger partial charge in [-0.25, -0.2) is 0 Å². The topological polar surface area (TPSA) is 19.6 Å². The molecule has 0 atom stereocenters. The van der Waals surface area contributed by atoms with Crippen LogP contribution in [0.2, 0.25) is 13.1 Å². The number of nitrogens with zero attached hydrogens (tertiary/aromatic N) is 2. The summed E-state index contributed by atoms with van der Waals surface area (Å²) in [4.78, 5) is 4.94. The van der Waals surface area contributed by atoms with Crippen LogP contribution in [0.15, 0.2) is 259 Å². The second-order valence-electron chi connectivity index (χ2n) is 19.6. The Balaban J connectivity index is 1.01. The summed E-state index contributed by atoms with van der Waals surface area (Å²) in [6.07, 6.45) is 0. The van der Waals surface area contributed by atoms with Crippen molar-refractivity contribution < 1.29 is 4.42 Å². The Kier molecular flexibility index (Phi) is 9.67. The summed E-state index contributed by atoms with van der Waals surface area (Å²) < 4.78 is 6.41. The lowest BCUT2D eigenvalue weighted by Gasteiger charge is -2.36. The van der Waals surface area contributed by atoms with Crippen molar-refractivity contribution in [1.29, 1.82) is 0 Å². The summed E-state index contributed by atoms with van der Waals surface area (Å²) in [6.45, 7) is 5.10. The van der Waals surface area contributed by atoms with Gasteiger partial charge in [-0.2, -0.15) is 0 Å². The van der Waals surface area contributed by atoms with Gasteiger partial charge in [0.15, 0.2) is 0 Å². The number of fused-ring (bicyclic) bond motifs is 9. The molecule has 1 aromatic heterocycles. The maximum atomic E-state index is 6.41. The van der Waals surface area contributed by atoms with Crippen molar-refractivity contribution in [1.82, 2.24) is 0 Å². The van der Waals surface area contributed by atoms with Gasteiger partial charge in [0.1, 0.15) is 19.2 Å². The third-order valence-corrected chi connectivity index (χ3v) is 18.7.